The van der Waals surface area contributed by atoms with E-state index in [9.17, 15) is 4.79 Å². The summed E-state index contributed by atoms with van der Waals surface area (Å²) >= 11 is 5.80. The Bertz CT molecular complexity index is 686. The van der Waals surface area contributed by atoms with Gasteiger partial charge >= 0.3 is 0 Å². The van der Waals surface area contributed by atoms with Crippen molar-refractivity contribution in [2.24, 2.45) is 5.10 Å². The number of amides is 1. The number of benzene rings is 2. The van der Waals surface area contributed by atoms with Crippen LogP contribution in [0, 0.1) is 0 Å². The zero-order valence-electron chi connectivity index (χ0n) is 12.8. The highest BCUT2D eigenvalue weighted by Crippen LogP contribution is 2.16. The summed E-state index contributed by atoms with van der Waals surface area (Å²) in [6, 6.07) is 14.1. The number of carbonyl (C=O) groups excluding carboxylic acids is 1. The Balaban J connectivity index is 1.88. The molecule has 0 saturated heterocycles. The summed E-state index contributed by atoms with van der Waals surface area (Å²) in [7, 11) is 1.59. The lowest BCUT2D eigenvalue weighted by molar-refractivity contribution is -0.127. The standard InChI is InChI=1S/C17H17ClN2O3/c1-12(23-15-8-6-14(18)7-9-15)17(21)20-19-11-13-4-3-5-16(10-13)22-2/h3-12H,1-2H3,(H,20,21)/b19-11+. The summed E-state index contributed by atoms with van der Waals surface area (Å²) in [5.41, 5.74) is 3.25. The highest BCUT2D eigenvalue weighted by molar-refractivity contribution is 6.30. The molecule has 1 N–H and O–H groups in total. The lowest BCUT2D eigenvalue weighted by Gasteiger charge is -2.12. The van der Waals surface area contributed by atoms with Crippen LogP contribution in [-0.2, 0) is 4.79 Å². The van der Waals surface area contributed by atoms with Crippen LogP contribution in [0.25, 0.3) is 0 Å². The molecule has 0 aliphatic carbocycles. The molecule has 5 nitrogen and oxygen atoms in total. The number of hydrogen-bond donors (Lipinski definition) is 1. The average Bonchev–Trinajstić information content (AvgIpc) is 2.57. The maximum Gasteiger partial charge on any atom is 0.280 e. The smallest absolute Gasteiger partial charge is 0.280 e. The first-order valence-corrected chi connectivity index (χ1v) is 7.35. The third-order valence-electron chi connectivity index (χ3n) is 2.98. The van der Waals surface area contributed by atoms with Gasteiger partial charge in [-0.25, -0.2) is 5.43 Å². The van der Waals surface area contributed by atoms with Crippen molar-refractivity contribution in [3.8, 4) is 11.5 Å². The van der Waals surface area contributed by atoms with Crippen molar-refractivity contribution >= 4 is 23.7 Å². The van der Waals surface area contributed by atoms with Gasteiger partial charge in [-0.3, -0.25) is 4.79 Å². The third kappa shape index (κ3) is 5.30. The highest BCUT2D eigenvalue weighted by atomic mass is 35.5. The predicted octanol–water partition coefficient (Wildman–Crippen LogP) is 3.27. The molecule has 2 aromatic carbocycles. The molecule has 2 rings (SSSR count). The number of nitrogens with zero attached hydrogens (tertiary/aromatic N) is 1. The topological polar surface area (TPSA) is 59.9 Å². The van der Waals surface area contributed by atoms with Gasteiger partial charge in [-0.1, -0.05) is 23.7 Å². The summed E-state index contributed by atoms with van der Waals surface area (Å²) < 4.78 is 10.6. The molecule has 2 aromatic rings. The fourth-order valence-corrected chi connectivity index (χ4v) is 1.88. The van der Waals surface area contributed by atoms with Gasteiger partial charge < -0.3 is 9.47 Å². The van der Waals surface area contributed by atoms with Gasteiger partial charge in [0, 0.05) is 5.02 Å². The fourth-order valence-electron chi connectivity index (χ4n) is 1.75. The largest absolute Gasteiger partial charge is 0.497 e. The molecule has 0 aromatic heterocycles. The summed E-state index contributed by atoms with van der Waals surface area (Å²) in [6.07, 6.45) is 0.855. The number of ether oxygens (including phenoxy) is 2. The fraction of sp³-hybridized carbons (Fsp3) is 0.176. The van der Waals surface area contributed by atoms with Crippen molar-refractivity contribution in [2.45, 2.75) is 13.0 Å². The SMILES string of the molecule is COc1cccc(/C=N/NC(=O)C(C)Oc2ccc(Cl)cc2)c1. The molecular formula is C17H17ClN2O3. The lowest BCUT2D eigenvalue weighted by Crippen LogP contribution is -2.33. The number of rotatable bonds is 6. The van der Waals surface area contributed by atoms with Gasteiger partial charge in [0.25, 0.3) is 5.91 Å². The summed E-state index contributed by atoms with van der Waals surface area (Å²) in [5, 5.41) is 4.52. The molecule has 0 radical (unpaired) electrons. The van der Waals surface area contributed by atoms with Gasteiger partial charge in [0.2, 0.25) is 0 Å². The number of carbonyl (C=O) groups is 1. The Labute approximate surface area is 139 Å². The molecule has 1 unspecified atom stereocenters. The molecule has 1 amide bonds. The van der Waals surface area contributed by atoms with Crippen LogP contribution in [0.5, 0.6) is 11.5 Å². The second kappa shape index (κ2) is 8.19. The lowest BCUT2D eigenvalue weighted by atomic mass is 10.2. The first-order valence-electron chi connectivity index (χ1n) is 6.97. The quantitative estimate of drug-likeness (QED) is 0.652. The van der Waals surface area contributed by atoms with Gasteiger partial charge in [0.1, 0.15) is 11.5 Å². The van der Waals surface area contributed by atoms with Crippen molar-refractivity contribution in [2.75, 3.05) is 7.11 Å². The first kappa shape index (κ1) is 16.8. The predicted molar refractivity (Wildman–Crippen MR) is 90.3 cm³/mol. The van der Waals surface area contributed by atoms with Crippen molar-refractivity contribution in [1.29, 1.82) is 0 Å². The van der Waals surface area contributed by atoms with E-state index in [0.717, 1.165) is 11.3 Å². The van der Waals surface area contributed by atoms with E-state index in [4.69, 9.17) is 21.1 Å². The van der Waals surface area contributed by atoms with Gasteiger partial charge in [0.05, 0.1) is 13.3 Å². The van der Waals surface area contributed by atoms with E-state index in [1.165, 1.54) is 6.21 Å². The minimum Gasteiger partial charge on any atom is -0.497 e. The number of halogens is 1. The van der Waals surface area contributed by atoms with Crippen LogP contribution in [-0.4, -0.2) is 25.3 Å². The van der Waals surface area contributed by atoms with E-state index in [2.05, 4.69) is 10.5 Å². The molecular weight excluding hydrogens is 316 g/mol. The molecule has 0 heterocycles. The molecule has 6 heteroatoms. The van der Waals surface area contributed by atoms with Gasteiger partial charge in [-0.15, -0.1) is 0 Å². The molecule has 1 atom stereocenters. The molecule has 0 aliphatic rings. The Morgan fingerprint density at radius 2 is 1.96 bits per heavy atom. The van der Waals surface area contributed by atoms with E-state index >= 15 is 0 Å². The molecule has 120 valence electrons. The number of hydrazone groups is 1. The maximum atomic E-state index is 11.9. The number of nitrogens with one attached hydrogen (secondary N) is 1. The second-order valence-electron chi connectivity index (χ2n) is 4.72. The average molecular weight is 333 g/mol. The first-order chi connectivity index (χ1) is 11.1. The molecule has 0 aliphatic heterocycles. The molecule has 23 heavy (non-hydrogen) atoms. The minimum absolute atomic E-state index is 0.348. The molecule has 0 spiro atoms. The summed E-state index contributed by atoms with van der Waals surface area (Å²) in [6.45, 7) is 1.64. The zero-order chi connectivity index (χ0) is 16.7. The molecule has 0 saturated carbocycles. The molecule has 0 fully saturated rings. The molecule has 0 bridgehead atoms. The van der Waals surface area contributed by atoms with Gasteiger partial charge in [-0.2, -0.15) is 5.10 Å². The van der Waals surface area contributed by atoms with E-state index in [1.807, 2.05) is 24.3 Å². The zero-order valence-corrected chi connectivity index (χ0v) is 13.6. The third-order valence-corrected chi connectivity index (χ3v) is 3.23. The normalized spacial score (nSPS) is 12.0. The Morgan fingerprint density at radius 3 is 2.65 bits per heavy atom. The van der Waals surface area contributed by atoms with E-state index < -0.39 is 6.10 Å². The number of methoxy groups -OCH3 is 1. The summed E-state index contributed by atoms with van der Waals surface area (Å²) in [4.78, 5) is 11.9. The Hall–Kier alpha value is -2.53. The van der Waals surface area contributed by atoms with E-state index in [1.54, 1.807) is 38.3 Å². The van der Waals surface area contributed by atoms with Crippen molar-refractivity contribution in [3.63, 3.8) is 0 Å². The van der Waals surface area contributed by atoms with Crippen LogP contribution in [0.3, 0.4) is 0 Å². The number of hydrogen-bond acceptors (Lipinski definition) is 4. The van der Waals surface area contributed by atoms with Gasteiger partial charge in [0.15, 0.2) is 6.10 Å². The van der Waals surface area contributed by atoms with Crippen molar-refractivity contribution in [3.05, 3.63) is 59.1 Å². The second-order valence-corrected chi connectivity index (χ2v) is 5.16. The van der Waals surface area contributed by atoms with Crippen LogP contribution in [0.2, 0.25) is 5.02 Å². The summed E-state index contributed by atoms with van der Waals surface area (Å²) in [5.74, 6) is 0.938. The van der Waals surface area contributed by atoms with Crippen molar-refractivity contribution in [1.82, 2.24) is 5.43 Å². The monoisotopic (exact) mass is 332 g/mol. The van der Waals surface area contributed by atoms with Crippen LogP contribution >= 0.6 is 11.6 Å². The van der Waals surface area contributed by atoms with Gasteiger partial charge in [-0.05, 0) is 48.9 Å². The minimum atomic E-state index is -0.682. The Kier molecular flexibility index (Phi) is 6.00. The van der Waals surface area contributed by atoms with E-state index in [0.29, 0.717) is 10.8 Å². The van der Waals surface area contributed by atoms with E-state index in [-0.39, 0.29) is 5.91 Å². The van der Waals surface area contributed by atoms with Crippen LogP contribution in [0.4, 0.5) is 0 Å². The highest BCUT2D eigenvalue weighted by Gasteiger charge is 2.13. The van der Waals surface area contributed by atoms with Crippen LogP contribution in [0.15, 0.2) is 53.6 Å². The maximum absolute atomic E-state index is 11.9. The Morgan fingerprint density at radius 1 is 1.22 bits per heavy atom. The van der Waals surface area contributed by atoms with Crippen LogP contribution in [0.1, 0.15) is 12.5 Å². The van der Waals surface area contributed by atoms with Crippen LogP contribution < -0.4 is 14.9 Å². The van der Waals surface area contributed by atoms with Crippen molar-refractivity contribution < 1.29 is 14.3 Å².